The molecule has 1 amide bonds. The van der Waals surface area contributed by atoms with Crippen LogP contribution in [0.5, 0.6) is 0 Å². The lowest BCUT2D eigenvalue weighted by Crippen LogP contribution is -2.36. The SMILES string of the molecule is CC(NC(=O)C(Br)C(C)C)c1nn[nH]n1. The number of rotatable bonds is 4. The standard InChI is InChI=1S/C8H14BrN5O/c1-4(2)6(9)8(15)10-5(3)7-11-13-14-12-7/h4-6H,1-3H3,(H,10,15)(H,11,12,13,14). The van der Waals surface area contributed by atoms with Crippen LogP contribution in [-0.4, -0.2) is 31.4 Å². The van der Waals surface area contributed by atoms with Gasteiger partial charge in [-0.15, -0.1) is 10.2 Å². The van der Waals surface area contributed by atoms with E-state index in [0.717, 1.165) is 0 Å². The van der Waals surface area contributed by atoms with Crippen molar-refractivity contribution in [3.8, 4) is 0 Å². The average molecular weight is 276 g/mol. The molecule has 0 fully saturated rings. The fourth-order valence-corrected chi connectivity index (χ4v) is 1.15. The molecule has 0 bridgehead atoms. The summed E-state index contributed by atoms with van der Waals surface area (Å²) in [5, 5.41) is 16.2. The molecule has 0 radical (unpaired) electrons. The smallest absolute Gasteiger partial charge is 0.234 e. The third kappa shape index (κ3) is 3.26. The molecule has 0 aliphatic carbocycles. The van der Waals surface area contributed by atoms with Crippen LogP contribution < -0.4 is 5.32 Å². The largest absolute Gasteiger partial charge is 0.345 e. The molecule has 1 rings (SSSR count). The Morgan fingerprint density at radius 2 is 2.13 bits per heavy atom. The van der Waals surface area contributed by atoms with E-state index in [1.807, 2.05) is 20.8 Å². The molecule has 0 aliphatic rings. The summed E-state index contributed by atoms with van der Waals surface area (Å²) < 4.78 is 0. The van der Waals surface area contributed by atoms with E-state index in [2.05, 4.69) is 41.9 Å². The fraction of sp³-hybridized carbons (Fsp3) is 0.750. The number of tetrazole rings is 1. The van der Waals surface area contributed by atoms with Crippen LogP contribution in [0.25, 0.3) is 0 Å². The van der Waals surface area contributed by atoms with Gasteiger partial charge in [-0.25, -0.2) is 0 Å². The van der Waals surface area contributed by atoms with Crippen molar-refractivity contribution < 1.29 is 4.79 Å². The minimum atomic E-state index is -0.241. The number of aromatic amines is 1. The molecule has 6 nitrogen and oxygen atoms in total. The van der Waals surface area contributed by atoms with Gasteiger partial charge in [0.15, 0.2) is 5.82 Å². The van der Waals surface area contributed by atoms with E-state index < -0.39 is 0 Å². The fourth-order valence-electron chi connectivity index (χ4n) is 1.01. The maximum atomic E-state index is 11.6. The molecule has 0 aliphatic heterocycles. The number of hydrogen-bond donors (Lipinski definition) is 2. The number of nitrogens with one attached hydrogen (secondary N) is 2. The Morgan fingerprint density at radius 3 is 2.60 bits per heavy atom. The monoisotopic (exact) mass is 275 g/mol. The Labute approximate surface area is 96.3 Å². The molecule has 1 heterocycles. The van der Waals surface area contributed by atoms with E-state index in [9.17, 15) is 4.79 Å². The highest BCUT2D eigenvalue weighted by Gasteiger charge is 2.21. The topological polar surface area (TPSA) is 83.6 Å². The molecule has 1 aromatic rings. The lowest BCUT2D eigenvalue weighted by molar-refractivity contribution is -0.121. The van der Waals surface area contributed by atoms with Crippen LogP contribution in [0.2, 0.25) is 0 Å². The van der Waals surface area contributed by atoms with E-state index >= 15 is 0 Å². The van der Waals surface area contributed by atoms with Crippen LogP contribution in [0.1, 0.15) is 32.6 Å². The van der Waals surface area contributed by atoms with Crippen LogP contribution in [0.4, 0.5) is 0 Å². The number of amides is 1. The van der Waals surface area contributed by atoms with Crippen LogP contribution in [-0.2, 0) is 4.79 Å². The van der Waals surface area contributed by atoms with E-state index in [0.29, 0.717) is 5.82 Å². The molecule has 15 heavy (non-hydrogen) atoms. The second-order valence-corrected chi connectivity index (χ2v) is 4.63. The first kappa shape index (κ1) is 12.1. The number of carbonyl (C=O) groups is 1. The predicted molar refractivity (Wildman–Crippen MR) is 58.3 cm³/mol. The predicted octanol–water partition coefficient (Wildman–Crippen LogP) is 0.796. The van der Waals surface area contributed by atoms with Gasteiger partial charge in [-0.2, -0.15) is 5.21 Å². The van der Waals surface area contributed by atoms with E-state index in [4.69, 9.17) is 0 Å². The Morgan fingerprint density at radius 1 is 1.47 bits per heavy atom. The van der Waals surface area contributed by atoms with Crippen molar-refractivity contribution in [3.05, 3.63) is 5.82 Å². The second kappa shape index (κ2) is 5.20. The average Bonchev–Trinajstić information content (AvgIpc) is 2.68. The zero-order valence-electron chi connectivity index (χ0n) is 8.86. The molecule has 1 aromatic heterocycles. The molecule has 0 aromatic carbocycles. The third-order valence-electron chi connectivity index (χ3n) is 1.94. The lowest BCUT2D eigenvalue weighted by atomic mass is 10.1. The summed E-state index contributed by atoms with van der Waals surface area (Å²) in [5.41, 5.74) is 0. The molecule has 2 atom stereocenters. The maximum Gasteiger partial charge on any atom is 0.234 e. The summed E-state index contributed by atoms with van der Waals surface area (Å²) in [4.78, 5) is 11.4. The molecule has 0 saturated heterocycles. The quantitative estimate of drug-likeness (QED) is 0.797. The van der Waals surface area contributed by atoms with Crippen LogP contribution in [0, 0.1) is 5.92 Å². The summed E-state index contributed by atoms with van der Waals surface area (Å²) in [6.07, 6.45) is 0. The van der Waals surface area contributed by atoms with Crippen LogP contribution in [0.15, 0.2) is 0 Å². The first-order valence-electron chi connectivity index (χ1n) is 4.70. The third-order valence-corrected chi connectivity index (χ3v) is 3.42. The zero-order chi connectivity index (χ0) is 11.4. The molecular weight excluding hydrogens is 262 g/mol. The van der Waals surface area contributed by atoms with Crippen LogP contribution in [0.3, 0.4) is 0 Å². The summed E-state index contributed by atoms with van der Waals surface area (Å²) in [5.74, 6) is 0.650. The van der Waals surface area contributed by atoms with E-state index in [-0.39, 0.29) is 22.7 Å². The van der Waals surface area contributed by atoms with Crippen molar-refractivity contribution >= 4 is 21.8 Å². The number of H-pyrrole nitrogens is 1. The van der Waals surface area contributed by atoms with Gasteiger partial charge in [-0.05, 0) is 12.8 Å². The molecule has 84 valence electrons. The molecule has 7 heteroatoms. The van der Waals surface area contributed by atoms with Crippen molar-refractivity contribution in [2.75, 3.05) is 0 Å². The van der Waals surface area contributed by atoms with Crippen molar-refractivity contribution in [2.45, 2.75) is 31.6 Å². The van der Waals surface area contributed by atoms with Crippen molar-refractivity contribution in [1.29, 1.82) is 0 Å². The normalized spacial score (nSPS) is 15.0. The Balaban J connectivity index is 2.52. The van der Waals surface area contributed by atoms with Gasteiger partial charge < -0.3 is 5.32 Å². The summed E-state index contributed by atoms with van der Waals surface area (Å²) >= 11 is 3.32. The summed E-state index contributed by atoms with van der Waals surface area (Å²) in [6, 6.07) is -0.241. The Kier molecular flexibility index (Phi) is 4.19. The molecular formula is C8H14BrN5O. The van der Waals surface area contributed by atoms with Gasteiger partial charge in [0.05, 0.1) is 10.9 Å². The van der Waals surface area contributed by atoms with Gasteiger partial charge in [-0.3, -0.25) is 4.79 Å². The minimum absolute atomic E-state index is 0.0673. The minimum Gasteiger partial charge on any atom is -0.345 e. The first-order chi connectivity index (χ1) is 7.02. The van der Waals surface area contributed by atoms with E-state index in [1.165, 1.54) is 0 Å². The number of aromatic nitrogens is 4. The number of alkyl halides is 1. The van der Waals surface area contributed by atoms with Gasteiger partial charge >= 0.3 is 0 Å². The van der Waals surface area contributed by atoms with Crippen molar-refractivity contribution in [2.24, 2.45) is 5.92 Å². The highest BCUT2D eigenvalue weighted by molar-refractivity contribution is 9.10. The highest BCUT2D eigenvalue weighted by Crippen LogP contribution is 2.13. The lowest BCUT2D eigenvalue weighted by Gasteiger charge is -2.16. The highest BCUT2D eigenvalue weighted by atomic mass is 79.9. The molecule has 2 unspecified atom stereocenters. The van der Waals surface area contributed by atoms with E-state index in [1.54, 1.807) is 0 Å². The van der Waals surface area contributed by atoms with Gasteiger partial charge in [-0.1, -0.05) is 35.0 Å². The van der Waals surface area contributed by atoms with Gasteiger partial charge in [0, 0.05) is 0 Å². The number of halogens is 1. The number of hydrogen-bond acceptors (Lipinski definition) is 4. The molecule has 0 spiro atoms. The molecule has 0 saturated carbocycles. The van der Waals surface area contributed by atoms with Gasteiger partial charge in [0.25, 0.3) is 0 Å². The summed E-state index contributed by atoms with van der Waals surface area (Å²) in [6.45, 7) is 5.75. The summed E-state index contributed by atoms with van der Waals surface area (Å²) in [7, 11) is 0. The first-order valence-corrected chi connectivity index (χ1v) is 5.61. The molecule has 2 N–H and O–H groups in total. The van der Waals surface area contributed by atoms with Crippen molar-refractivity contribution in [1.82, 2.24) is 25.9 Å². The number of carbonyl (C=O) groups excluding carboxylic acids is 1. The number of nitrogens with zero attached hydrogens (tertiary/aromatic N) is 3. The van der Waals surface area contributed by atoms with Gasteiger partial charge in [0.2, 0.25) is 5.91 Å². The Bertz CT molecular complexity index is 313. The second-order valence-electron chi connectivity index (χ2n) is 3.65. The Hall–Kier alpha value is -0.980. The maximum absolute atomic E-state index is 11.6. The van der Waals surface area contributed by atoms with Crippen LogP contribution >= 0.6 is 15.9 Å². The van der Waals surface area contributed by atoms with Crippen molar-refractivity contribution in [3.63, 3.8) is 0 Å². The van der Waals surface area contributed by atoms with Gasteiger partial charge in [0.1, 0.15) is 0 Å². The zero-order valence-corrected chi connectivity index (χ0v) is 10.4.